The molecule has 17 heteroatoms. The number of imidazole rings is 1. The number of hydrogen-bond acceptors (Lipinski definition) is 11. The van der Waals surface area contributed by atoms with E-state index in [1.807, 2.05) is 6.07 Å². The lowest BCUT2D eigenvalue weighted by atomic mass is 10.1. The van der Waals surface area contributed by atoms with E-state index in [-0.39, 0.29) is 10.9 Å². The Kier molecular flexibility index (Phi) is 8.38. The zero-order valence-corrected chi connectivity index (χ0v) is 25.1. The number of anilines is 1. The number of fused-ring (bicyclic) bond motifs is 1. The molecule has 232 valence electrons. The predicted molar refractivity (Wildman–Crippen MR) is 159 cm³/mol. The van der Waals surface area contributed by atoms with Crippen LogP contribution in [-0.2, 0) is 19.1 Å². The maximum Gasteiger partial charge on any atom is 0.472 e. The highest BCUT2D eigenvalue weighted by atomic mass is 32.2. The van der Waals surface area contributed by atoms with Crippen LogP contribution in [0.1, 0.15) is 18.4 Å². The zero-order valence-electron chi connectivity index (χ0n) is 23.4. The fraction of sp³-hybridized carbons (Fsp3) is 0.214. The Balaban J connectivity index is 1.19. The van der Waals surface area contributed by atoms with Crippen molar-refractivity contribution in [1.82, 2.24) is 23.7 Å². The quantitative estimate of drug-likeness (QED) is 0.146. The van der Waals surface area contributed by atoms with Gasteiger partial charge in [0, 0.05) is 37.1 Å². The minimum Gasteiger partial charge on any atom is -0.467 e. The summed E-state index contributed by atoms with van der Waals surface area (Å²) in [6, 6.07) is 16.3. The monoisotopic (exact) mass is 651 g/mol. The van der Waals surface area contributed by atoms with Crippen molar-refractivity contribution in [2.75, 3.05) is 25.2 Å². The number of phosphoric ester groups is 1. The van der Waals surface area contributed by atoms with Crippen molar-refractivity contribution in [3.05, 3.63) is 78.8 Å². The van der Waals surface area contributed by atoms with E-state index in [0.717, 1.165) is 0 Å². The van der Waals surface area contributed by atoms with Gasteiger partial charge < -0.3 is 24.3 Å². The summed E-state index contributed by atoms with van der Waals surface area (Å²) in [4.78, 5) is 31.7. The lowest BCUT2D eigenvalue weighted by Crippen LogP contribution is -2.42. The first-order chi connectivity index (χ1) is 21.6. The summed E-state index contributed by atoms with van der Waals surface area (Å²) in [5.41, 5.74) is 2.68. The number of benzene rings is 2. The highest BCUT2D eigenvalue weighted by Crippen LogP contribution is 2.37. The van der Waals surface area contributed by atoms with Crippen LogP contribution in [0.25, 0.3) is 28.5 Å². The Morgan fingerprint density at radius 1 is 1.11 bits per heavy atom. The summed E-state index contributed by atoms with van der Waals surface area (Å²) < 4.78 is 55.6. The topological polar surface area (TPSA) is 205 Å². The number of ether oxygens (including phenoxy) is 1. The number of oxazole rings is 1. The van der Waals surface area contributed by atoms with E-state index >= 15 is 0 Å². The van der Waals surface area contributed by atoms with Crippen molar-refractivity contribution >= 4 is 29.6 Å². The maximum absolute atomic E-state index is 13.1. The molecule has 1 saturated heterocycles. The molecular weight excluding hydrogens is 625 g/mol. The van der Waals surface area contributed by atoms with E-state index in [1.165, 1.54) is 34.8 Å². The molecule has 0 saturated carbocycles. The molecule has 1 aliphatic rings. The number of nitriles is 1. The average molecular weight is 652 g/mol. The first-order valence-electron chi connectivity index (χ1n) is 13.6. The van der Waals surface area contributed by atoms with Gasteiger partial charge in [0.1, 0.15) is 23.4 Å². The van der Waals surface area contributed by atoms with Gasteiger partial charge in [0.05, 0.1) is 22.2 Å². The molecule has 0 radical (unpaired) electrons. The van der Waals surface area contributed by atoms with Gasteiger partial charge in [-0.05, 0) is 55.3 Å². The largest absolute Gasteiger partial charge is 0.472 e. The van der Waals surface area contributed by atoms with Gasteiger partial charge in [0.2, 0.25) is 16.0 Å². The van der Waals surface area contributed by atoms with E-state index in [4.69, 9.17) is 29.2 Å². The van der Waals surface area contributed by atoms with Gasteiger partial charge in [-0.15, -0.1) is 0 Å². The summed E-state index contributed by atoms with van der Waals surface area (Å²) in [7, 11) is -8.37. The molecule has 5 aromatic rings. The molecule has 2 aromatic carbocycles. The van der Waals surface area contributed by atoms with Crippen LogP contribution in [0.3, 0.4) is 0 Å². The molecule has 1 fully saturated rings. The Bertz CT molecular complexity index is 2030. The Hall–Kier alpha value is -4.62. The number of nitrogens with one attached hydrogen (secondary N) is 1. The predicted octanol–water partition coefficient (Wildman–Crippen LogP) is 3.63. The van der Waals surface area contributed by atoms with E-state index in [1.54, 1.807) is 47.1 Å². The third-order valence-corrected chi connectivity index (χ3v) is 9.48. The van der Waals surface area contributed by atoms with Crippen molar-refractivity contribution in [3.63, 3.8) is 0 Å². The van der Waals surface area contributed by atoms with Gasteiger partial charge in [-0.2, -0.15) is 14.6 Å². The van der Waals surface area contributed by atoms with E-state index in [0.29, 0.717) is 71.7 Å². The second-order valence-corrected chi connectivity index (χ2v) is 13.2. The molecule has 45 heavy (non-hydrogen) atoms. The third kappa shape index (κ3) is 6.74. The van der Waals surface area contributed by atoms with Crippen molar-refractivity contribution in [2.24, 2.45) is 0 Å². The second kappa shape index (κ2) is 12.4. The van der Waals surface area contributed by atoms with Gasteiger partial charge >= 0.3 is 13.7 Å². The lowest BCUT2D eigenvalue weighted by Gasteiger charge is -2.31. The van der Waals surface area contributed by atoms with Crippen molar-refractivity contribution in [2.45, 2.75) is 23.8 Å². The molecule has 3 N–H and O–H groups in total. The molecule has 0 bridgehead atoms. The highest BCUT2D eigenvalue weighted by Gasteiger charge is 2.30. The average Bonchev–Trinajstić information content (AvgIpc) is 3.63. The molecule has 0 spiro atoms. The first kappa shape index (κ1) is 30.4. The van der Waals surface area contributed by atoms with Gasteiger partial charge in [-0.25, -0.2) is 27.5 Å². The number of rotatable bonds is 10. The van der Waals surface area contributed by atoms with Gasteiger partial charge in [0.25, 0.3) is 0 Å². The number of hydrogen-bond donors (Lipinski definition) is 3. The van der Waals surface area contributed by atoms with Crippen molar-refractivity contribution in [1.29, 1.82) is 5.26 Å². The van der Waals surface area contributed by atoms with Gasteiger partial charge in [-0.1, -0.05) is 12.1 Å². The highest BCUT2D eigenvalue weighted by molar-refractivity contribution is 7.89. The van der Waals surface area contributed by atoms with Crippen LogP contribution < -0.4 is 10.1 Å². The molecule has 15 nitrogen and oxygen atoms in total. The molecule has 6 rings (SSSR count). The molecule has 1 aliphatic heterocycles. The Morgan fingerprint density at radius 2 is 1.89 bits per heavy atom. The third-order valence-electron chi connectivity index (χ3n) is 7.12. The van der Waals surface area contributed by atoms with Crippen molar-refractivity contribution < 1.29 is 36.4 Å². The molecule has 0 aliphatic carbocycles. The molecule has 4 heterocycles. The second-order valence-electron chi connectivity index (χ2n) is 10.00. The summed E-state index contributed by atoms with van der Waals surface area (Å²) in [6.07, 6.45) is 5.87. The van der Waals surface area contributed by atoms with Crippen LogP contribution in [0.4, 0.5) is 5.95 Å². The fourth-order valence-electron chi connectivity index (χ4n) is 4.96. The van der Waals surface area contributed by atoms with Crippen LogP contribution >= 0.6 is 7.82 Å². The number of sulfonamides is 1. The number of phosphoric acid groups is 1. The molecule has 3 aromatic heterocycles. The number of nitrogens with zero attached hydrogens (tertiary/aromatic N) is 6. The summed E-state index contributed by atoms with van der Waals surface area (Å²) in [6.45, 7) is -0.0349. The SMILES string of the molecule is N#Cc1ccc(S(=O)(=O)N2CCC(Nc3nccc(-c4c(-c5cccc(OCOP(=O)(O)O)c5)nc5occn45)n3)CC2)cc1. The standard InChI is InChI=1S/C28H26N7O8PS/c29-17-19-4-6-23(7-5-19)45(39,40)34-12-9-21(10-13-34)31-27-30-11-8-24(32-27)26-25(33-28-35(26)14-15-41-28)20-2-1-3-22(16-20)42-18-43-44(36,37)38/h1-8,11,14-16,21H,9-10,12-13,18H2,(H,30,31,32)(H2,36,37,38). The van der Waals surface area contributed by atoms with Crippen LogP contribution in [0.15, 0.2) is 82.6 Å². The smallest absolute Gasteiger partial charge is 0.467 e. The zero-order chi connectivity index (χ0) is 31.6. The molecule has 0 atom stereocenters. The number of piperidine rings is 1. The number of aromatic nitrogens is 4. The maximum atomic E-state index is 13.1. The minimum atomic E-state index is -4.69. The van der Waals surface area contributed by atoms with Crippen molar-refractivity contribution in [3.8, 4) is 34.5 Å². The van der Waals surface area contributed by atoms with Crippen LogP contribution in [0, 0.1) is 11.3 Å². The fourth-order valence-corrected chi connectivity index (χ4v) is 6.62. The normalized spacial score (nSPS) is 14.8. The molecule has 0 amide bonds. The van der Waals surface area contributed by atoms with E-state index < -0.39 is 24.6 Å². The lowest BCUT2D eigenvalue weighted by molar-refractivity contribution is 0.0829. The molecule has 0 unspecified atom stereocenters. The minimum absolute atomic E-state index is 0.0734. The summed E-state index contributed by atoms with van der Waals surface area (Å²) in [5.74, 6) is 0.978. The van der Waals surface area contributed by atoms with E-state index in [9.17, 15) is 13.0 Å². The Morgan fingerprint density at radius 3 is 2.62 bits per heavy atom. The van der Waals surface area contributed by atoms with E-state index in [2.05, 4.69) is 19.8 Å². The van der Waals surface area contributed by atoms with Crippen LogP contribution in [0.2, 0.25) is 0 Å². The first-order valence-corrected chi connectivity index (χ1v) is 16.6. The molecular formula is C28H26N7O8PS. The summed E-state index contributed by atoms with van der Waals surface area (Å²) in [5, 5.41) is 12.3. The summed E-state index contributed by atoms with van der Waals surface area (Å²) >= 11 is 0. The van der Waals surface area contributed by atoms with Gasteiger partial charge in [0.15, 0.2) is 6.79 Å². The van der Waals surface area contributed by atoms with Gasteiger partial charge in [-0.3, -0.25) is 4.40 Å². The van der Waals surface area contributed by atoms with Crippen LogP contribution in [0.5, 0.6) is 5.75 Å². The Labute approximate surface area is 257 Å². The van der Waals surface area contributed by atoms with Crippen LogP contribution in [-0.4, -0.2) is 67.8 Å².